The Morgan fingerprint density at radius 3 is 2.03 bits per heavy atom. The average molecular weight is 517 g/mol. The summed E-state index contributed by atoms with van der Waals surface area (Å²) in [5.41, 5.74) is 1.29. The summed E-state index contributed by atoms with van der Waals surface area (Å²) in [5, 5.41) is 0. The number of hydrogen-bond acceptors (Lipinski definition) is 5. The van der Waals surface area contributed by atoms with Crippen LogP contribution in [0.15, 0.2) is 78.9 Å². The summed E-state index contributed by atoms with van der Waals surface area (Å²) in [5.74, 6) is 2.05. The van der Waals surface area contributed by atoms with Crippen molar-refractivity contribution in [2.75, 3.05) is 39.8 Å². The number of ketones is 1. The second kappa shape index (κ2) is 13.7. The molecule has 0 radical (unpaired) electrons. The molecule has 1 saturated heterocycles. The van der Waals surface area contributed by atoms with Gasteiger partial charge in [0.25, 0.3) is 5.91 Å². The van der Waals surface area contributed by atoms with Gasteiger partial charge in [-0.15, -0.1) is 24.8 Å². The maximum Gasteiger partial charge on any atom is 0.253 e. The van der Waals surface area contributed by atoms with Crippen molar-refractivity contribution < 1.29 is 19.1 Å². The molecule has 3 aromatic carbocycles. The van der Waals surface area contributed by atoms with Crippen LogP contribution in [0.25, 0.3) is 0 Å². The second-order valence-corrected chi connectivity index (χ2v) is 7.95. The third-order valence-corrected chi connectivity index (χ3v) is 5.81. The number of carbonyl (C=O) groups excluding carboxylic acids is 2. The van der Waals surface area contributed by atoms with E-state index in [0.717, 1.165) is 24.4 Å². The van der Waals surface area contributed by atoms with Crippen molar-refractivity contribution in [2.24, 2.45) is 0 Å². The predicted octanol–water partition coefficient (Wildman–Crippen LogP) is 5.36. The van der Waals surface area contributed by atoms with E-state index >= 15 is 0 Å². The Balaban J connectivity index is 0.00000216. The van der Waals surface area contributed by atoms with Crippen LogP contribution in [0.3, 0.4) is 0 Å². The molecule has 8 heteroatoms. The van der Waals surface area contributed by atoms with Crippen LogP contribution in [-0.2, 0) is 0 Å². The molecule has 0 atom stereocenters. The quantitative estimate of drug-likeness (QED) is 0.377. The first-order valence-corrected chi connectivity index (χ1v) is 11.1. The van der Waals surface area contributed by atoms with Gasteiger partial charge in [0.2, 0.25) is 0 Å². The Kier molecular flexibility index (Phi) is 11.1. The van der Waals surface area contributed by atoms with Gasteiger partial charge >= 0.3 is 0 Å². The number of amides is 1. The van der Waals surface area contributed by atoms with Gasteiger partial charge in [-0.05, 0) is 48.5 Å². The van der Waals surface area contributed by atoms with E-state index in [2.05, 4.69) is 4.90 Å². The zero-order valence-electron chi connectivity index (χ0n) is 19.6. The van der Waals surface area contributed by atoms with Crippen LogP contribution in [0.1, 0.15) is 27.1 Å². The zero-order valence-corrected chi connectivity index (χ0v) is 21.2. The SMILES string of the molecule is COc1ccc(Oc2ccccc2C(=O)CCN2CCN(C(=O)c3ccccc3)CC2)cc1.Cl.Cl. The summed E-state index contributed by atoms with van der Waals surface area (Å²) >= 11 is 0. The van der Waals surface area contributed by atoms with Gasteiger partial charge in [0.1, 0.15) is 17.2 Å². The Hall–Kier alpha value is -3.06. The fourth-order valence-corrected chi connectivity index (χ4v) is 3.89. The lowest BCUT2D eigenvalue weighted by Gasteiger charge is -2.34. The molecular weight excluding hydrogens is 487 g/mol. The highest BCUT2D eigenvalue weighted by molar-refractivity contribution is 5.99. The topological polar surface area (TPSA) is 59.1 Å². The molecule has 1 heterocycles. The van der Waals surface area contributed by atoms with Crippen molar-refractivity contribution in [1.29, 1.82) is 0 Å². The van der Waals surface area contributed by atoms with Crippen LogP contribution in [0, 0.1) is 0 Å². The number of carbonyl (C=O) groups is 2. The van der Waals surface area contributed by atoms with E-state index in [1.165, 1.54) is 0 Å². The minimum Gasteiger partial charge on any atom is -0.497 e. The van der Waals surface area contributed by atoms with Crippen molar-refractivity contribution in [2.45, 2.75) is 6.42 Å². The van der Waals surface area contributed by atoms with Gasteiger partial charge in [-0.3, -0.25) is 14.5 Å². The van der Waals surface area contributed by atoms with Gasteiger partial charge in [-0.2, -0.15) is 0 Å². The highest BCUT2D eigenvalue weighted by Crippen LogP contribution is 2.27. The number of para-hydroxylation sites is 1. The molecule has 186 valence electrons. The molecule has 1 aliphatic heterocycles. The van der Waals surface area contributed by atoms with Gasteiger partial charge < -0.3 is 14.4 Å². The number of halogens is 2. The van der Waals surface area contributed by atoms with E-state index in [1.807, 2.05) is 77.7 Å². The van der Waals surface area contributed by atoms with Crippen molar-refractivity contribution in [3.8, 4) is 17.2 Å². The van der Waals surface area contributed by atoms with Crippen LogP contribution in [0.2, 0.25) is 0 Å². The van der Waals surface area contributed by atoms with E-state index in [9.17, 15) is 9.59 Å². The molecule has 1 amide bonds. The molecule has 0 unspecified atom stereocenters. The fourth-order valence-electron chi connectivity index (χ4n) is 3.89. The maximum absolute atomic E-state index is 13.0. The van der Waals surface area contributed by atoms with Crippen molar-refractivity contribution in [3.63, 3.8) is 0 Å². The summed E-state index contributed by atoms with van der Waals surface area (Å²) < 4.78 is 11.1. The molecule has 0 spiro atoms. The summed E-state index contributed by atoms with van der Waals surface area (Å²) in [4.78, 5) is 29.7. The molecule has 4 rings (SSSR count). The van der Waals surface area contributed by atoms with E-state index in [4.69, 9.17) is 9.47 Å². The smallest absolute Gasteiger partial charge is 0.253 e. The van der Waals surface area contributed by atoms with Gasteiger partial charge in [0.05, 0.1) is 12.7 Å². The largest absolute Gasteiger partial charge is 0.497 e. The molecule has 0 aromatic heterocycles. The maximum atomic E-state index is 13.0. The minimum absolute atomic E-state index is 0. The Morgan fingerprint density at radius 2 is 1.37 bits per heavy atom. The van der Waals surface area contributed by atoms with Gasteiger partial charge in [0, 0.05) is 44.7 Å². The third-order valence-electron chi connectivity index (χ3n) is 5.81. The average Bonchev–Trinajstić information content (AvgIpc) is 2.88. The number of hydrogen-bond donors (Lipinski definition) is 0. The predicted molar refractivity (Wildman–Crippen MR) is 142 cm³/mol. The van der Waals surface area contributed by atoms with E-state index in [-0.39, 0.29) is 36.5 Å². The van der Waals surface area contributed by atoms with Gasteiger partial charge in [-0.1, -0.05) is 30.3 Å². The number of Topliss-reactive ketones (excluding diaryl/α,β-unsaturated/α-hetero) is 1. The van der Waals surface area contributed by atoms with E-state index in [1.54, 1.807) is 13.2 Å². The Labute approximate surface area is 218 Å². The van der Waals surface area contributed by atoms with Crippen LogP contribution >= 0.6 is 24.8 Å². The lowest BCUT2D eigenvalue weighted by atomic mass is 10.1. The zero-order chi connectivity index (χ0) is 23.0. The summed E-state index contributed by atoms with van der Waals surface area (Å²) in [7, 11) is 1.62. The number of benzene rings is 3. The van der Waals surface area contributed by atoms with Crippen LogP contribution in [0.5, 0.6) is 17.2 Å². The fraction of sp³-hybridized carbons (Fsp3) is 0.259. The van der Waals surface area contributed by atoms with Crippen molar-refractivity contribution in [1.82, 2.24) is 9.80 Å². The number of ether oxygens (including phenoxy) is 2. The Bertz CT molecular complexity index is 1090. The highest BCUT2D eigenvalue weighted by Gasteiger charge is 2.23. The van der Waals surface area contributed by atoms with Crippen molar-refractivity contribution >= 4 is 36.5 Å². The molecule has 1 fully saturated rings. The van der Waals surface area contributed by atoms with Crippen LogP contribution in [-0.4, -0.2) is 61.3 Å². The van der Waals surface area contributed by atoms with Crippen LogP contribution in [0.4, 0.5) is 0 Å². The molecule has 3 aromatic rings. The molecule has 0 bridgehead atoms. The standard InChI is InChI=1S/C27H28N2O4.2ClH/c1-32-22-11-13-23(14-12-22)33-26-10-6-5-9-24(26)25(30)15-16-28-17-19-29(20-18-28)27(31)21-7-3-2-4-8-21;;/h2-14H,15-20H2,1H3;2*1H. The Morgan fingerprint density at radius 1 is 0.771 bits per heavy atom. The van der Waals surface area contributed by atoms with Gasteiger partial charge in [0.15, 0.2) is 5.78 Å². The second-order valence-electron chi connectivity index (χ2n) is 7.95. The third kappa shape index (κ3) is 7.46. The molecule has 0 aliphatic carbocycles. The molecule has 1 aliphatic rings. The normalized spacial score (nSPS) is 13.2. The first-order valence-electron chi connectivity index (χ1n) is 11.1. The van der Waals surface area contributed by atoms with E-state index in [0.29, 0.717) is 43.1 Å². The lowest BCUT2D eigenvalue weighted by Crippen LogP contribution is -2.49. The lowest BCUT2D eigenvalue weighted by molar-refractivity contribution is 0.0628. The molecule has 6 nitrogen and oxygen atoms in total. The first kappa shape index (κ1) is 28.2. The summed E-state index contributed by atoms with van der Waals surface area (Å²) in [6.07, 6.45) is 0.398. The van der Waals surface area contributed by atoms with E-state index < -0.39 is 0 Å². The first-order chi connectivity index (χ1) is 16.1. The monoisotopic (exact) mass is 516 g/mol. The number of piperazine rings is 1. The van der Waals surface area contributed by atoms with Gasteiger partial charge in [-0.25, -0.2) is 0 Å². The van der Waals surface area contributed by atoms with Crippen LogP contribution < -0.4 is 9.47 Å². The summed E-state index contributed by atoms with van der Waals surface area (Å²) in [6, 6.07) is 24.0. The number of methoxy groups -OCH3 is 1. The number of nitrogens with zero attached hydrogens (tertiary/aromatic N) is 2. The highest BCUT2D eigenvalue weighted by atomic mass is 35.5. The summed E-state index contributed by atoms with van der Waals surface area (Å²) in [6.45, 7) is 3.51. The molecule has 0 N–H and O–H groups in total. The molecular formula is C27H30Cl2N2O4. The molecule has 0 saturated carbocycles. The minimum atomic E-state index is 0. The molecule has 35 heavy (non-hydrogen) atoms. The van der Waals surface area contributed by atoms with Crippen molar-refractivity contribution in [3.05, 3.63) is 90.0 Å². The number of rotatable bonds is 8.